The number of ketones is 1. The molecule has 5 nitrogen and oxygen atoms in total. The van der Waals surface area contributed by atoms with Crippen LogP contribution in [0.15, 0.2) is 18.2 Å². The molecule has 1 aliphatic heterocycles. The molecular weight excluding hydrogens is 266 g/mol. The Bertz CT molecular complexity index is 528. The minimum atomic E-state index is -0.0212. The highest BCUT2D eigenvalue weighted by Gasteiger charge is 2.18. The van der Waals surface area contributed by atoms with Crippen molar-refractivity contribution in [3.05, 3.63) is 29.3 Å². The number of hydrogen-bond donors (Lipinski definition) is 3. The summed E-state index contributed by atoms with van der Waals surface area (Å²) in [6.45, 7) is 5.33. The molecule has 0 aromatic heterocycles. The Hall–Kier alpha value is -1.88. The van der Waals surface area contributed by atoms with Crippen LogP contribution in [0.3, 0.4) is 0 Å². The van der Waals surface area contributed by atoms with Gasteiger partial charge in [-0.2, -0.15) is 0 Å². The Morgan fingerprint density at radius 1 is 1.33 bits per heavy atom. The Balaban J connectivity index is 1.74. The van der Waals surface area contributed by atoms with Crippen molar-refractivity contribution in [3.63, 3.8) is 0 Å². The van der Waals surface area contributed by atoms with E-state index in [2.05, 4.69) is 22.9 Å². The summed E-state index contributed by atoms with van der Waals surface area (Å²) >= 11 is 0. The van der Waals surface area contributed by atoms with Gasteiger partial charge in [0.2, 0.25) is 5.91 Å². The molecule has 1 heterocycles. The molecule has 0 aliphatic carbocycles. The Labute approximate surface area is 125 Å². The van der Waals surface area contributed by atoms with Crippen molar-refractivity contribution in [2.45, 2.75) is 32.7 Å². The molecule has 0 radical (unpaired) electrons. The minimum absolute atomic E-state index is 0.0212. The van der Waals surface area contributed by atoms with Gasteiger partial charge < -0.3 is 16.0 Å². The third kappa shape index (κ3) is 4.56. The van der Waals surface area contributed by atoms with E-state index in [1.165, 1.54) is 12.5 Å². The van der Waals surface area contributed by atoms with Crippen LogP contribution in [0, 0.1) is 0 Å². The number of nitrogens with one attached hydrogen (secondary N) is 3. The zero-order chi connectivity index (χ0) is 15.2. The monoisotopic (exact) mass is 289 g/mol. The third-order valence-corrected chi connectivity index (χ3v) is 3.55. The lowest BCUT2D eigenvalue weighted by Gasteiger charge is -2.06. The van der Waals surface area contributed by atoms with Crippen LogP contribution in [0.4, 0.5) is 5.69 Å². The average molecular weight is 289 g/mol. The first-order valence-electron chi connectivity index (χ1n) is 7.44. The van der Waals surface area contributed by atoms with Gasteiger partial charge in [-0.15, -0.1) is 0 Å². The number of anilines is 1. The van der Waals surface area contributed by atoms with Crippen molar-refractivity contribution in [2.24, 2.45) is 0 Å². The van der Waals surface area contributed by atoms with E-state index in [1.54, 1.807) is 0 Å². The maximum absolute atomic E-state index is 12.1. The standard InChI is InChI=1S/C16H23N3O2/c1-11-8-14-9-13(4-5-15(14)19-11)16(21)10-17-6-3-7-18-12(2)20/h4-5,9,11,17,19H,3,6-8,10H2,1-2H3,(H,18,20). The van der Waals surface area contributed by atoms with Gasteiger partial charge in [-0.05, 0) is 50.1 Å². The number of amides is 1. The summed E-state index contributed by atoms with van der Waals surface area (Å²) in [4.78, 5) is 22.8. The van der Waals surface area contributed by atoms with Gasteiger partial charge in [0.05, 0.1) is 6.54 Å². The molecule has 2 rings (SSSR count). The van der Waals surface area contributed by atoms with Crippen LogP contribution < -0.4 is 16.0 Å². The van der Waals surface area contributed by atoms with E-state index in [1.807, 2.05) is 18.2 Å². The van der Waals surface area contributed by atoms with Gasteiger partial charge in [0.25, 0.3) is 0 Å². The quantitative estimate of drug-likeness (QED) is 0.523. The summed E-state index contributed by atoms with van der Waals surface area (Å²) in [5, 5.41) is 9.22. The van der Waals surface area contributed by atoms with Crippen LogP contribution in [-0.4, -0.2) is 37.4 Å². The summed E-state index contributed by atoms with van der Waals surface area (Å²) in [5.41, 5.74) is 3.13. The van der Waals surface area contributed by atoms with E-state index in [4.69, 9.17) is 0 Å². The molecule has 21 heavy (non-hydrogen) atoms. The second-order valence-electron chi connectivity index (χ2n) is 5.56. The van der Waals surface area contributed by atoms with E-state index in [-0.39, 0.29) is 11.7 Å². The van der Waals surface area contributed by atoms with E-state index >= 15 is 0 Å². The molecule has 1 amide bonds. The lowest BCUT2D eigenvalue weighted by atomic mass is 10.0. The summed E-state index contributed by atoms with van der Waals surface area (Å²) in [7, 11) is 0. The van der Waals surface area contributed by atoms with E-state index < -0.39 is 0 Å². The third-order valence-electron chi connectivity index (χ3n) is 3.55. The highest BCUT2D eigenvalue weighted by molar-refractivity contribution is 5.98. The van der Waals surface area contributed by atoms with Crippen molar-refractivity contribution in [1.29, 1.82) is 0 Å². The summed E-state index contributed by atoms with van der Waals surface area (Å²) in [6.07, 6.45) is 1.79. The van der Waals surface area contributed by atoms with Gasteiger partial charge in [-0.25, -0.2) is 0 Å². The first-order chi connectivity index (χ1) is 10.1. The fourth-order valence-electron chi connectivity index (χ4n) is 2.51. The van der Waals surface area contributed by atoms with Crippen molar-refractivity contribution in [1.82, 2.24) is 10.6 Å². The molecule has 1 aromatic carbocycles. The largest absolute Gasteiger partial charge is 0.382 e. The summed E-state index contributed by atoms with van der Waals surface area (Å²) < 4.78 is 0. The van der Waals surface area contributed by atoms with Crippen molar-refractivity contribution < 1.29 is 9.59 Å². The molecule has 3 N–H and O–H groups in total. The van der Waals surface area contributed by atoms with E-state index in [9.17, 15) is 9.59 Å². The molecule has 0 saturated heterocycles. The number of carbonyl (C=O) groups is 2. The molecule has 1 atom stereocenters. The number of Topliss-reactive ketones (excluding diaryl/α,β-unsaturated/α-hetero) is 1. The van der Waals surface area contributed by atoms with Gasteiger partial charge in [-0.3, -0.25) is 9.59 Å². The molecule has 1 aromatic rings. The van der Waals surface area contributed by atoms with Crippen LogP contribution in [0.2, 0.25) is 0 Å². The number of fused-ring (bicyclic) bond motifs is 1. The summed E-state index contributed by atoms with van der Waals surface area (Å²) in [5.74, 6) is 0.0870. The van der Waals surface area contributed by atoms with E-state index in [0.29, 0.717) is 19.1 Å². The molecule has 5 heteroatoms. The number of hydrogen-bond acceptors (Lipinski definition) is 4. The SMILES string of the molecule is CC(=O)NCCCNCC(=O)c1ccc2c(c1)CC(C)N2. The van der Waals surface area contributed by atoms with Gasteiger partial charge in [0.1, 0.15) is 0 Å². The van der Waals surface area contributed by atoms with E-state index in [0.717, 1.165) is 30.6 Å². The highest BCUT2D eigenvalue weighted by Crippen LogP contribution is 2.26. The maximum Gasteiger partial charge on any atom is 0.216 e. The zero-order valence-electron chi connectivity index (χ0n) is 12.7. The number of carbonyl (C=O) groups excluding carboxylic acids is 2. The molecular formula is C16H23N3O2. The zero-order valence-corrected chi connectivity index (χ0v) is 12.7. The number of benzene rings is 1. The fraction of sp³-hybridized carbons (Fsp3) is 0.500. The Morgan fingerprint density at radius 2 is 2.14 bits per heavy atom. The van der Waals surface area contributed by atoms with Crippen molar-refractivity contribution in [3.8, 4) is 0 Å². The fourth-order valence-corrected chi connectivity index (χ4v) is 2.51. The predicted molar refractivity (Wildman–Crippen MR) is 83.7 cm³/mol. The van der Waals surface area contributed by atoms with Crippen molar-refractivity contribution >= 4 is 17.4 Å². The Morgan fingerprint density at radius 3 is 2.90 bits per heavy atom. The van der Waals surface area contributed by atoms with Crippen molar-refractivity contribution in [2.75, 3.05) is 25.0 Å². The second kappa shape index (κ2) is 7.22. The van der Waals surface area contributed by atoms with Crippen LogP contribution in [0.1, 0.15) is 36.2 Å². The van der Waals surface area contributed by atoms with Gasteiger partial charge in [0.15, 0.2) is 5.78 Å². The predicted octanol–water partition coefficient (Wildman–Crippen LogP) is 1.34. The normalized spacial score (nSPS) is 16.2. The molecule has 0 bridgehead atoms. The molecule has 0 fully saturated rings. The first kappa shape index (κ1) is 15.5. The average Bonchev–Trinajstić information content (AvgIpc) is 2.81. The maximum atomic E-state index is 12.1. The van der Waals surface area contributed by atoms with Gasteiger partial charge in [0, 0.05) is 30.8 Å². The first-order valence-corrected chi connectivity index (χ1v) is 7.44. The Kier molecular flexibility index (Phi) is 5.33. The summed E-state index contributed by atoms with van der Waals surface area (Å²) in [6, 6.07) is 6.30. The second-order valence-corrected chi connectivity index (χ2v) is 5.56. The molecule has 0 spiro atoms. The number of rotatable bonds is 7. The van der Waals surface area contributed by atoms with Crippen LogP contribution in [0.5, 0.6) is 0 Å². The lowest BCUT2D eigenvalue weighted by Crippen LogP contribution is -2.28. The van der Waals surface area contributed by atoms with Gasteiger partial charge >= 0.3 is 0 Å². The smallest absolute Gasteiger partial charge is 0.216 e. The highest BCUT2D eigenvalue weighted by atomic mass is 16.1. The molecule has 1 aliphatic rings. The molecule has 0 saturated carbocycles. The van der Waals surface area contributed by atoms with Crippen LogP contribution >= 0.6 is 0 Å². The van der Waals surface area contributed by atoms with Gasteiger partial charge in [-0.1, -0.05) is 0 Å². The molecule has 114 valence electrons. The van der Waals surface area contributed by atoms with Crippen LogP contribution in [0.25, 0.3) is 0 Å². The molecule has 1 unspecified atom stereocenters. The van der Waals surface area contributed by atoms with Crippen LogP contribution in [-0.2, 0) is 11.2 Å². The topological polar surface area (TPSA) is 70.2 Å². The minimum Gasteiger partial charge on any atom is -0.382 e. The lowest BCUT2D eigenvalue weighted by molar-refractivity contribution is -0.118.